The van der Waals surface area contributed by atoms with Crippen LogP contribution in [-0.2, 0) is 4.79 Å². The minimum Gasteiger partial charge on any atom is -0.480 e. The first-order valence-corrected chi connectivity index (χ1v) is 6.75. The van der Waals surface area contributed by atoms with E-state index in [1.54, 1.807) is 6.92 Å². The van der Waals surface area contributed by atoms with E-state index in [0.717, 1.165) is 0 Å². The molecule has 0 bridgehead atoms. The number of carbonyl (C=O) groups is 2. The molecule has 2 N–H and O–H groups in total. The van der Waals surface area contributed by atoms with Gasteiger partial charge in [0.25, 0.3) is 5.91 Å². The van der Waals surface area contributed by atoms with Gasteiger partial charge in [-0.05, 0) is 25.4 Å². The van der Waals surface area contributed by atoms with Crippen molar-refractivity contribution in [3.63, 3.8) is 0 Å². The molecule has 1 amide bonds. The molecule has 0 saturated carbocycles. The van der Waals surface area contributed by atoms with Gasteiger partial charge >= 0.3 is 5.97 Å². The van der Waals surface area contributed by atoms with Gasteiger partial charge in [0.05, 0.1) is 11.9 Å². The van der Waals surface area contributed by atoms with E-state index in [0.29, 0.717) is 17.9 Å². The van der Waals surface area contributed by atoms with Crippen LogP contribution in [0.4, 0.5) is 0 Å². The fourth-order valence-electron chi connectivity index (χ4n) is 1.24. The fraction of sp³-hybridized carbons (Fsp3) is 0.455. The van der Waals surface area contributed by atoms with Crippen LogP contribution in [0, 0.1) is 6.92 Å². The summed E-state index contributed by atoms with van der Waals surface area (Å²) in [6.45, 7) is 1.76. The number of aryl methyl sites for hydroxylation is 1. The average Bonchev–Trinajstić information content (AvgIpc) is 2.34. The zero-order chi connectivity index (χ0) is 13.5. The monoisotopic (exact) mass is 269 g/mol. The summed E-state index contributed by atoms with van der Waals surface area (Å²) in [5.41, 5.74) is 0.819. The SMILES string of the molecule is CSCCC(NC(=O)c1cnc(C)cn1)C(=O)O. The Morgan fingerprint density at radius 2 is 2.17 bits per heavy atom. The molecule has 98 valence electrons. The van der Waals surface area contributed by atoms with E-state index < -0.39 is 17.9 Å². The van der Waals surface area contributed by atoms with E-state index in [1.807, 2.05) is 6.26 Å². The molecule has 0 saturated heterocycles. The molecular weight excluding hydrogens is 254 g/mol. The van der Waals surface area contributed by atoms with E-state index in [-0.39, 0.29) is 5.69 Å². The van der Waals surface area contributed by atoms with Crippen molar-refractivity contribution in [2.24, 2.45) is 0 Å². The number of hydrogen-bond donors (Lipinski definition) is 2. The topological polar surface area (TPSA) is 92.2 Å². The summed E-state index contributed by atoms with van der Waals surface area (Å²) in [5, 5.41) is 11.4. The largest absolute Gasteiger partial charge is 0.480 e. The van der Waals surface area contributed by atoms with Gasteiger partial charge in [-0.1, -0.05) is 0 Å². The van der Waals surface area contributed by atoms with Crippen LogP contribution in [-0.4, -0.2) is 45.0 Å². The van der Waals surface area contributed by atoms with Gasteiger partial charge in [-0.15, -0.1) is 0 Å². The molecule has 1 heterocycles. The summed E-state index contributed by atoms with van der Waals surface area (Å²) in [7, 11) is 0. The standard InChI is InChI=1S/C11H15N3O3S/c1-7-5-13-9(6-12-7)10(15)14-8(11(16)17)3-4-18-2/h5-6,8H,3-4H2,1-2H3,(H,14,15)(H,16,17). The molecule has 7 heteroatoms. The number of nitrogens with one attached hydrogen (secondary N) is 1. The molecule has 1 aromatic heterocycles. The lowest BCUT2D eigenvalue weighted by Crippen LogP contribution is -2.41. The maximum atomic E-state index is 11.8. The van der Waals surface area contributed by atoms with Gasteiger partial charge in [-0.2, -0.15) is 11.8 Å². The number of carboxylic acids is 1. The van der Waals surface area contributed by atoms with Crippen molar-refractivity contribution in [3.05, 3.63) is 23.8 Å². The normalized spacial score (nSPS) is 11.9. The van der Waals surface area contributed by atoms with Gasteiger partial charge in [0.1, 0.15) is 11.7 Å². The van der Waals surface area contributed by atoms with Crippen molar-refractivity contribution in [2.75, 3.05) is 12.0 Å². The Labute approximate surface area is 109 Å². The Bertz CT molecular complexity index is 422. The summed E-state index contributed by atoms with van der Waals surface area (Å²) in [6.07, 6.45) is 5.05. The fourth-order valence-corrected chi connectivity index (χ4v) is 1.71. The molecule has 0 radical (unpaired) electrons. The molecule has 0 spiro atoms. The van der Waals surface area contributed by atoms with Crippen molar-refractivity contribution >= 4 is 23.6 Å². The molecule has 0 aliphatic heterocycles. The van der Waals surface area contributed by atoms with Crippen molar-refractivity contribution in [1.82, 2.24) is 15.3 Å². The van der Waals surface area contributed by atoms with Gasteiger partial charge in [-0.3, -0.25) is 9.78 Å². The lowest BCUT2D eigenvalue weighted by atomic mass is 10.2. The zero-order valence-corrected chi connectivity index (χ0v) is 11.0. The van der Waals surface area contributed by atoms with Gasteiger partial charge in [0.2, 0.25) is 0 Å². The van der Waals surface area contributed by atoms with Crippen LogP contribution in [0.3, 0.4) is 0 Å². The van der Waals surface area contributed by atoms with Gasteiger partial charge < -0.3 is 10.4 Å². The third-order valence-electron chi connectivity index (χ3n) is 2.23. The Morgan fingerprint density at radius 1 is 1.44 bits per heavy atom. The maximum absolute atomic E-state index is 11.8. The smallest absolute Gasteiger partial charge is 0.326 e. The van der Waals surface area contributed by atoms with E-state index >= 15 is 0 Å². The molecule has 0 fully saturated rings. The molecule has 0 aliphatic carbocycles. The number of rotatable bonds is 6. The van der Waals surface area contributed by atoms with Crippen LogP contribution < -0.4 is 5.32 Å². The first-order valence-electron chi connectivity index (χ1n) is 5.36. The number of aliphatic carboxylic acids is 1. The second kappa shape index (κ2) is 6.95. The number of nitrogens with zero attached hydrogens (tertiary/aromatic N) is 2. The van der Waals surface area contributed by atoms with E-state index in [1.165, 1.54) is 24.2 Å². The Morgan fingerprint density at radius 3 is 2.67 bits per heavy atom. The summed E-state index contributed by atoms with van der Waals surface area (Å²) >= 11 is 1.53. The third-order valence-corrected chi connectivity index (χ3v) is 2.87. The average molecular weight is 269 g/mol. The van der Waals surface area contributed by atoms with Crippen LogP contribution in [0.5, 0.6) is 0 Å². The number of thioether (sulfide) groups is 1. The molecule has 1 unspecified atom stereocenters. The van der Waals surface area contributed by atoms with E-state index in [9.17, 15) is 9.59 Å². The predicted molar refractivity (Wildman–Crippen MR) is 68.7 cm³/mol. The Balaban J connectivity index is 2.66. The first-order chi connectivity index (χ1) is 8.54. The zero-order valence-electron chi connectivity index (χ0n) is 10.2. The second-order valence-electron chi connectivity index (χ2n) is 3.69. The minimum atomic E-state index is -1.04. The van der Waals surface area contributed by atoms with Crippen LogP contribution in [0.25, 0.3) is 0 Å². The highest BCUT2D eigenvalue weighted by Crippen LogP contribution is 2.02. The van der Waals surface area contributed by atoms with Crippen LogP contribution >= 0.6 is 11.8 Å². The Kier molecular flexibility index (Phi) is 5.57. The van der Waals surface area contributed by atoms with Crippen molar-refractivity contribution in [1.29, 1.82) is 0 Å². The van der Waals surface area contributed by atoms with Crippen molar-refractivity contribution in [2.45, 2.75) is 19.4 Å². The second-order valence-corrected chi connectivity index (χ2v) is 4.67. The summed E-state index contributed by atoms with van der Waals surface area (Å²) < 4.78 is 0. The summed E-state index contributed by atoms with van der Waals surface area (Å²) in [6, 6.07) is -0.895. The van der Waals surface area contributed by atoms with E-state index in [2.05, 4.69) is 15.3 Å². The maximum Gasteiger partial charge on any atom is 0.326 e. The highest BCUT2D eigenvalue weighted by Gasteiger charge is 2.20. The quantitative estimate of drug-likeness (QED) is 0.790. The van der Waals surface area contributed by atoms with Gasteiger partial charge in [0.15, 0.2) is 0 Å². The molecular formula is C11H15N3O3S. The van der Waals surface area contributed by atoms with Crippen LogP contribution in [0.15, 0.2) is 12.4 Å². The number of amides is 1. The summed E-state index contributed by atoms with van der Waals surface area (Å²) in [5.74, 6) is -0.898. The molecule has 0 aliphatic rings. The number of hydrogen-bond acceptors (Lipinski definition) is 5. The first kappa shape index (κ1) is 14.4. The lowest BCUT2D eigenvalue weighted by molar-refractivity contribution is -0.139. The van der Waals surface area contributed by atoms with Crippen molar-refractivity contribution in [3.8, 4) is 0 Å². The highest BCUT2D eigenvalue weighted by molar-refractivity contribution is 7.98. The molecule has 0 aromatic carbocycles. The third kappa shape index (κ3) is 4.33. The van der Waals surface area contributed by atoms with Crippen LogP contribution in [0.1, 0.15) is 22.6 Å². The molecule has 1 atom stereocenters. The molecule has 6 nitrogen and oxygen atoms in total. The number of carboxylic acid groups (broad SMARTS) is 1. The Hall–Kier alpha value is -1.63. The van der Waals surface area contributed by atoms with E-state index in [4.69, 9.17) is 5.11 Å². The molecule has 1 aromatic rings. The van der Waals surface area contributed by atoms with Crippen LogP contribution in [0.2, 0.25) is 0 Å². The lowest BCUT2D eigenvalue weighted by Gasteiger charge is -2.13. The highest BCUT2D eigenvalue weighted by atomic mass is 32.2. The minimum absolute atomic E-state index is 0.121. The summed E-state index contributed by atoms with van der Waals surface area (Å²) in [4.78, 5) is 30.6. The van der Waals surface area contributed by atoms with Gasteiger partial charge in [-0.25, -0.2) is 9.78 Å². The van der Waals surface area contributed by atoms with Gasteiger partial charge in [0, 0.05) is 6.20 Å². The number of aromatic nitrogens is 2. The molecule has 1 rings (SSSR count). The van der Waals surface area contributed by atoms with Crippen molar-refractivity contribution < 1.29 is 14.7 Å². The molecule has 18 heavy (non-hydrogen) atoms. The predicted octanol–water partition coefficient (Wildman–Crippen LogP) is 0.721. The number of carbonyl (C=O) groups excluding carboxylic acids is 1.